The van der Waals surface area contributed by atoms with Gasteiger partial charge in [-0.15, -0.1) is 0 Å². The van der Waals surface area contributed by atoms with E-state index in [1.807, 2.05) is 7.05 Å². The third kappa shape index (κ3) is 2.17. The minimum absolute atomic E-state index is 0.0310. The lowest BCUT2D eigenvalue weighted by molar-refractivity contribution is -0.137. The molecule has 0 saturated carbocycles. The Kier molecular flexibility index (Phi) is 2.84. The highest BCUT2D eigenvalue weighted by Crippen LogP contribution is 2.01. The van der Waals surface area contributed by atoms with Crippen LogP contribution in [0.15, 0.2) is 0 Å². The molecule has 0 bridgehead atoms. The highest BCUT2D eigenvalue weighted by atomic mass is 16.5. The molecule has 1 saturated heterocycles. The molecule has 11 heavy (non-hydrogen) atoms. The fraction of sp³-hybridized carbons (Fsp3) is 0.857. The predicted molar refractivity (Wildman–Crippen MR) is 41.3 cm³/mol. The van der Waals surface area contributed by atoms with Gasteiger partial charge in [0.25, 0.3) is 0 Å². The Morgan fingerprint density at radius 2 is 2.45 bits per heavy atom. The largest absolute Gasteiger partial charge is 0.366 e. The quantitative estimate of drug-likeness (QED) is 0.535. The molecule has 1 atom stereocenters. The van der Waals surface area contributed by atoms with Gasteiger partial charge in [-0.2, -0.15) is 0 Å². The molecule has 0 radical (unpaired) electrons. The Morgan fingerprint density at radius 1 is 1.73 bits per heavy atom. The summed E-state index contributed by atoms with van der Waals surface area (Å²) in [5.41, 5.74) is 0. The summed E-state index contributed by atoms with van der Waals surface area (Å²) in [6.07, 6.45) is -0.279. The van der Waals surface area contributed by atoms with Gasteiger partial charge in [-0.25, -0.2) is 0 Å². The van der Waals surface area contributed by atoms with Crippen molar-refractivity contribution in [3.8, 4) is 0 Å². The Labute approximate surface area is 66.5 Å². The first-order valence-corrected chi connectivity index (χ1v) is 3.76. The molecule has 1 aliphatic heterocycles. The predicted octanol–water partition coefficient (Wildman–Crippen LogP) is -0.937. The van der Waals surface area contributed by atoms with Gasteiger partial charge in [0, 0.05) is 20.1 Å². The number of hydrogen-bond donors (Lipinski definition) is 1. The van der Waals surface area contributed by atoms with Crippen molar-refractivity contribution >= 4 is 5.91 Å². The standard InChI is InChI=1S/C7H14N2O2/c1-8-7(10)6-5-9(2)3-4-11-6/h6H,3-5H2,1-2H3,(H,8,10). The molecule has 4 heteroatoms. The van der Waals surface area contributed by atoms with E-state index in [2.05, 4.69) is 10.2 Å². The summed E-state index contributed by atoms with van der Waals surface area (Å²) in [6, 6.07) is 0. The monoisotopic (exact) mass is 158 g/mol. The van der Waals surface area contributed by atoms with Gasteiger partial charge in [0.15, 0.2) is 0 Å². The van der Waals surface area contributed by atoms with E-state index in [1.54, 1.807) is 7.05 Å². The molecule has 4 nitrogen and oxygen atoms in total. The van der Waals surface area contributed by atoms with Gasteiger partial charge < -0.3 is 15.0 Å². The molecular formula is C7H14N2O2. The van der Waals surface area contributed by atoms with Crippen LogP contribution in [0.5, 0.6) is 0 Å². The first-order valence-electron chi connectivity index (χ1n) is 3.76. The summed E-state index contributed by atoms with van der Waals surface area (Å²) in [6.45, 7) is 2.25. The number of amides is 1. The number of nitrogens with zero attached hydrogens (tertiary/aromatic N) is 1. The van der Waals surface area contributed by atoms with Crippen LogP contribution in [0.1, 0.15) is 0 Å². The maximum atomic E-state index is 11.0. The second kappa shape index (κ2) is 3.69. The highest BCUT2D eigenvalue weighted by molar-refractivity contribution is 5.80. The van der Waals surface area contributed by atoms with Gasteiger partial charge in [-0.05, 0) is 7.05 Å². The molecule has 64 valence electrons. The number of rotatable bonds is 1. The summed E-state index contributed by atoms with van der Waals surface area (Å²) in [7, 11) is 3.61. The lowest BCUT2D eigenvalue weighted by atomic mass is 10.3. The van der Waals surface area contributed by atoms with Crippen molar-refractivity contribution in [2.24, 2.45) is 0 Å². The first kappa shape index (κ1) is 8.49. The summed E-state index contributed by atoms with van der Waals surface area (Å²) in [4.78, 5) is 13.1. The average molecular weight is 158 g/mol. The van der Waals surface area contributed by atoms with Crippen molar-refractivity contribution in [1.29, 1.82) is 0 Å². The van der Waals surface area contributed by atoms with Crippen LogP contribution in [0.3, 0.4) is 0 Å². The normalized spacial score (nSPS) is 26.5. The van der Waals surface area contributed by atoms with Gasteiger partial charge in [0.05, 0.1) is 6.61 Å². The van der Waals surface area contributed by atoms with E-state index in [0.717, 1.165) is 6.54 Å². The third-order valence-electron chi connectivity index (χ3n) is 1.81. The minimum Gasteiger partial charge on any atom is -0.366 e. The van der Waals surface area contributed by atoms with E-state index < -0.39 is 0 Å². The number of hydrogen-bond acceptors (Lipinski definition) is 3. The van der Waals surface area contributed by atoms with Gasteiger partial charge in [0.2, 0.25) is 5.91 Å². The molecule has 1 unspecified atom stereocenters. The Hall–Kier alpha value is -0.610. The number of nitrogens with one attached hydrogen (secondary N) is 1. The Bertz CT molecular complexity index is 149. The fourth-order valence-electron chi connectivity index (χ4n) is 1.10. The molecular weight excluding hydrogens is 144 g/mol. The molecule has 0 aliphatic carbocycles. The van der Waals surface area contributed by atoms with Crippen LogP contribution >= 0.6 is 0 Å². The zero-order chi connectivity index (χ0) is 8.27. The van der Waals surface area contributed by atoms with Crippen molar-refractivity contribution in [1.82, 2.24) is 10.2 Å². The molecule has 1 heterocycles. The SMILES string of the molecule is CNC(=O)C1CN(C)CCO1. The maximum absolute atomic E-state index is 11.0. The van der Waals surface area contributed by atoms with Crippen molar-refractivity contribution in [2.75, 3.05) is 33.8 Å². The van der Waals surface area contributed by atoms with Crippen molar-refractivity contribution < 1.29 is 9.53 Å². The van der Waals surface area contributed by atoms with E-state index in [4.69, 9.17) is 4.74 Å². The molecule has 1 aliphatic rings. The molecule has 1 amide bonds. The second-order valence-corrected chi connectivity index (χ2v) is 2.74. The van der Waals surface area contributed by atoms with Crippen LogP contribution in [0.4, 0.5) is 0 Å². The number of likely N-dealkylation sites (N-methyl/N-ethyl adjacent to an activating group) is 2. The molecule has 1 fully saturated rings. The van der Waals surface area contributed by atoms with Crippen LogP contribution < -0.4 is 5.32 Å². The summed E-state index contributed by atoms with van der Waals surface area (Å²) in [5.74, 6) is -0.0310. The Morgan fingerprint density at radius 3 is 3.00 bits per heavy atom. The van der Waals surface area contributed by atoms with Gasteiger partial charge in [-0.3, -0.25) is 4.79 Å². The zero-order valence-electron chi connectivity index (χ0n) is 6.96. The first-order chi connectivity index (χ1) is 5.24. The van der Waals surface area contributed by atoms with E-state index in [0.29, 0.717) is 13.2 Å². The minimum atomic E-state index is -0.279. The molecule has 0 spiro atoms. The number of carbonyl (C=O) groups is 1. The second-order valence-electron chi connectivity index (χ2n) is 2.74. The van der Waals surface area contributed by atoms with Gasteiger partial charge >= 0.3 is 0 Å². The van der Waals surface area contributed by atoms with E-state index >= 15 is 0 Å². The summed E-state index contributed by atoms with van der Waals surface area (Å²) < 4.78 is 5.25. The average Bonchev–Trinajstić information content (AvgIpc) is 2.03. The van der Waals surface area contributed by atoms with Gasteiger partial charge in [-0.1, -0.05) is 0 Å². The third-order valence-corrected chi connectivity index (χ3v) is 1.81. The van der Waals surface area contributed by atoms with E-state index in [1.165, 1.54) is 0 Å². The van der Waals surface area contributed by atoms with E-state index in [9.17, 15) is 4.79 Å². The number of carbonyl (C=O) groups excluding carboxylic acids is 1. The van der Waals surface area contributed by atoms with Crippen molar-refractivity contribution in [3.05, 3.63) is 0 Å². The topological polar surface area (TPSA) is 41.6 Å². The summed E-state index contributed by atoms with van der Waals surface area (Å²) in [5, 5.41) is 2.56. The van der Waals surface area contributed by atoms with Crippen LogP contribution in [0.25, 0.3) is 0 Å². The lowest BCUT2D eigenvalue weighted by Gasteiger charge is -2.28. The number of morpholine rings is 1. The van der Waals surface area contributed by atoms with Gasteiger partial charge in [0.1, 0.15) is 6.10 Å². The maximum Gasteiger partial charge on any atom is 0.250 e. The van der Waals surface area contributed by atoms with Crippen molar-refractivity contribution in [2.45, 2.75) is 6.10 Å². The molecule has 1 rings (SSSR count). The molecule has 0 aromatic heterocycles. The molecule has 1 N–H and O–H groups in total. The lowest BCUT2D eigenvalue weighted by Crippen LogP contribution is -2.47. The van der Waals surface area contributed by atoms with Crippen LogP contribution in [-0.2, 0) is 9.53 Å². The zero-order valence-corrected chi connectivity index (χ0v) is 6.96. The smallest absolute Gasteiger partial charge is 0.250 e. The Balaban J connectivity index is 2.39. The van der Waals surface area contributed by atoms with Crippen LogP contribution in [0, 0.1) is 0 Å². The van der Waals surface area contributed by atoms with Crippen LogP contribution in [0.2, 0.25) is 0 Å². The molecule has 0 aromatic carbocycles. The fourth-order valence-corrected chi connectivity index (χ4v) is 1.10. The number of ether oxygens (including phenoxy) is 1. The van der Waals surface area contributed by atoms with Crippen molar-refractivity contribution in [3.63, 3.8) is 0 Å². The molecule has 0 aromatic rings. The van der Waals surface area contributed by atoms with Crippen LogP contribution in [-0.4, -0.2) is 50.7 Å². The summed E-state index contributed by atoms with van der Waals surface area (Å²) >= 11 is 0. The highest BCUT2D eigenvalue weighted by Gasteiger charge is 2.23. The van der Waals surface area contributed by atoms with E-state index in [-0.39, 0.29) is 12.0 Å².